The highest BCUT2D eigenvalue weighted by Crippen LogP contribution is 2.35. The maximum Gasteiger partial charge on any atom is 0.267 e. The Hall–Kier alpha value is -3.81. The van der Waals surface area contributed by atoms with Gasteiger partial charge in [0.15, 0.2) is 11.5 Å². The Kier molecular flexibility index (Phi) is 5.03. The molecule has 2 aromatic carbocycles. The van der Waals surface area contributed by atoms with E-state index in [9.17, 15) is 9.59 Å². The Balaban J connectivity index is 1.27. The Bertz CT molecular complexity index is 1150. The summed E-state index contributed by atoms with van der Waals surface area (Å²) in [6.07, 6.45) is 0. The maximum atomic E-state index is 12.8. The minimum Gasteiger partial charge on any atom is -0.454 e. The van der Waals surface area contributed by atoms with E-state index in [0.717, 1.165) is 24.3 Å². The third-order valence-electron chi connectivity index (χ3n) is 5.57. The van der Waals surface area contributed by atoms with Gasteiger partial charge >= 0.3 is 0 Å². The molecule has 8 heteroatoms. The summed E-state index contributed by atoms with van der Waals surface area (Å²) in [6.45, 7) is 2.86. The van der Waals surface area contributed by atoms with Crippen molar-refractivity contribution >= 4 is 11.6 Å². The van der Waals surface area contributed by atoms with Crippen molar-refractivity contribution in [2.45, 2.75) is 6.54 Å². The zero-order valence-electron chi connectivity index (χ0n) is 16.9. The van der Waals surface area contributed by atoms with Crippen molar-refractivity contribution in [1.29, 1.82) is 0 Å². The lowest BCUT2D eigenvalue weighted by molar-refractivity contribution is -0.132. The Morgan fingerprint density at radius 3 is 2.48 bits per heavy atom. The molecule has 1 saturated heterocycles. The number of nitrogens with zero attached hydrogens (tertiary/aromatic N) is 4. The van der Waals surface area contributed by atoms with Crippen LogP contribution in [0.25, 0.3) is 11.3 Å². The van der Waals surface area contributed by atoms with Crippen LogP contribution >= 0.6 is 0 Å². The van der Waals surface area contributed by atoms with E-state index in [1.807, 2.05) is 36.4 Å². The fourth-order valence-electron chi connectivity index (χ4n) is 3.85. The standard InChI is InChI=1S/C23H22N4O4/c28-22-9-7-19(17-6-8-20-21(14-17)31-16-30-20)24-27(22)15-23(29)26-12-10-25(11-13-26)18-4-2-1-3-5-18/h1-9,14H,10-13,15-16H2. The lowest BCUT2D eigenvalue weighted by Gasteiger charge is -2.36. The number of hydrogen-bond acceptors (Lipinski definition) is 6. The van der Waals surface area contributed by atoms with Crippen molar-refractivity contribution in [1.82, 2.24) is 14.7 Å². The first-order valence-electron chi connectivity index (χ1n) is 10.2. The number of fused-ring (bicyclic) bond motifs is 1. The molecule has 0 saturated carbocycles. The number of ether oxygens (including phenoxy) is 2. The molecule has 0 spiro atoms. The predicted octanol–water partition coefficient (Wildman–Crippen LogP) is 1.99. The number of aromatic nitrogens is 2. The van der Waals surface area contributed by atoms with Crippen molar-refractivity contribution in [3.05, 3.63) is 71.0 Å². The zero-order chi connectivity index (χ0) is 21.2. The summed E-state index contributed by atoms with van der Waals surface area (Å²) in [4.78, 5) is 29.2. The average molecular weight is 418 g/mol. The first kappa shape index (κ1) is 19.2. The molecule has 0 unspecified atom stereocenters. The lowest BCUT2D eigenvalue weighted by atomic mass is 10.1. The Morgan fingerprint density at radius 1 is 0.903 bits per heavy atom. The monoisotopic (exact) mass is 418 g/mol. The van der Waals surface area contributed by atoms with Gasteiger partial charge in [-0.25, -0.2) is 4.68 Å². The van der Waals surface area contributed by atoms with E-state index in [1.165, 1.54) is 10.7 Å². The number of carbonyl (C=O) groups excluding carboxylic acids is 1. The first-order chi connectivity index (χ1) is 15.2. The summed E-state index contributed by atoms with van der Waals surface area (Å²) < 4.78 is 12.0. The quantitative estimate of drug-likeness (QED) is 0.645. The van der Waals surface area contributed by atoms with E-state index < -0.39 is 0 Å². The van der Waals surface area contributed by atoms with Crippen LogP contribution in [0.4, 0.5) is 5.69 Å². The molecule has 2 aliphatic heterocycles. The fraction of sp³-hybridized carbons (Fsp3) is 0.261. The van der Waals surface area contributed by atoms with Crippen LogP contribution in [0.15, 0.2) is 65.5 Å². The third-order valence-corrected chi connectivity index (χ3v) is 5.57. The second-order valence-corrected chi connectivity index (χ2v) is 7.49. The van der Waals surface area contributed by atoms with Gasteiger partial charge in [0.2, 0.25) is 12.7 Å². The van der Waals surface area contributed by atoms with Gasteiger partial charge in [-0.15, -0.1) is 0 Å². The van der Waals surface area contributed by atoms with Gasteiger partial charge in [0.25, 0.3) is 5.56 Å². The van der Waals surface area contributed by atoms with Gasteiger partial charge in [-0.3, -0.25) is 9.59 Å². The number of rotatable bonds is 4. The average Bonchev–Trinajstić information content (AvgIpc) is 3.29. The van der Waals surface area contributed by atoms with Gasteiger partial charge in [0.05, 0.1) is 5.69 Å². The number of para-hydroxylation sites is 1. The van der Waals surface area contributed by atoms with Crippen molar-refractivity contribution in [3.63, 3.8) is 0 Å². The summed E-state index contributed by atoms with van der Waals surface area (Å²) in [6, 6.07) is 18.7. The molecular formula is C23H22N4O4. The summed E-state index contributed by atoms with van der Waals surface area (Å²) in [7, 11) is 0. The highest BCUT2D eigenvalue weighted by atomic mass is 16.7. The number of carbonyl (C=O) groups is 1. The Labute approximate surface area is 179 Å². The van der Waals surface area contributed by atoms with Crippen LogP contribution in [0.5, 0.6) is 11.5 Å². The smallest absolute Gasteiger partial charge is 0.267 e. The van der Waals surface area contributed by atoms with Crippen LogP contribution in [0.1, 0.15) is 0 Å². The van der Waals surface area contributed by atoms with Crippen LogP contribution in [-0.2, 0) is 11.3 Å². The van der Waals surface area contributed by atoms with Gasteiger partial charge in [-0.1, -0.05) is 18.2 Å². The molecule has 3 heterocycles. The molecule has 8 nitrogen and oxygen atoms in total. The molecule has 0 bridgehead atoms. The van der Waals surface area contributed by atoms with Crippen LogP contribution in [0.2, 0.25) is 0 Å². The Morgan fingerprint density at radius 2 is 1.68 bits per heavy atom. The largest absolute Gasteiger partial charge is 0.454 e. The van der Waals surface area contributed by atoms with Gasteiger partial charge in [0, 0.05) is 43.5 Å². The molecule has 0 N–H and O–H groups in total. The van der Waals surface area contributed by atoms with Crippen molar-refractivity contribution < 1.29 is 14.3 Å². The van der Waals surface area contributed by atoms with Crippen LogP contribution < -0.4 is 19.9 Å². The molecule has 1 fully saturated rings. The second kappa shape index (κ2) is 8.14. The van der Waals surface area contributed by atoms with E-state index in [1.54, 1.807) is 11.0 Å². The van der Waals surface area contributed by atoms with Crippen LogP contribution in [0, 0.1) is 0 Å². The van der Waals surface area contributed by atoms with Gasteiger partial charge in [-0.2, -0.15) is 5.10 Å². The number of amides is 1. The second-order valence-electron chi connectivity index (χ2n) is 7.49. The first-order valence-corrected chi connectivity index (χ1v) is 10.2. The maximum absolute atomic E-state index is 12.8. The van der Waals surface area contributed by atoms with E-state index in [4.69, 9.17) is 9.47 Å². The minimum absolute atomic E-state index is 0.0808. The summed E-state index contributed by atoms with van der Waals surface area (Å²) in [5, 5.41) is 4.42. The summed E-state index contributed by atoms with van der Waals surface area (Å²) >= 11 is 0. The SMILES string of the molecule is O=C(Cn1nc(-c2ccc3c(c2)OCO3)ccc1=O)N1CCN(c2ccccc2)CC1. The van der Waals surface area contributed by atoms with E-state index in [2.05, 4.69) is 22.1 Å². The van der Waals surface area contributed by atoms with Crippen LogP contribution in [0.3, 0.4) is 0 Å². The van der Waals surface area contributed by atoms with Crippen molar-refractivity contribution in [2.24, 2.45) is 0 Å². The zero-order valence-corrected chi connectivity index (χ0v) is 16.9. The molecule has 3 aromatic rings. The number of piperazine rings is 1. The molecule has 0 radical (unpaired) electrons. The van der Waals surface area contributed by atoms with Crippen molar-refractivity contribution in [3.8, 4) is 22.8 Å². The highest BCUT2D eigenvalue weighted by molar-refractivity contribution is 5.76. The lowest BCUT2D eigenvalue weighted by Crippen LogP contribution is -2.50. The molecule has 31 heavy (non-hydrogen) atoms. The van der Waals surface area contributed by atoms with Crippen LogP contribution in [-0.4, -0.2) is 53.6 Å². The molecule has 158 valence electrons. The summed E-state index contributed by atoms with van der Waals surface area (Å²) in [5.41, 5.74) is 2.24. The third kappa shape index (κ3) is 3.96. The van der Waals surface area contributed by atoms with Crippen molar-refractivity contribution in [2.75, 3.05) is 37.9 Å². The molecule has 1 amide bonds. The van der Waals surface area contributed by atoms with E-state index in [-0.39, 0.29) is 24.8 Å². The predicted molar refractivity (Wildman–Crippen MR) is 115 cm³/mol. The van der Waals surface area contributed by atoms with Gasteiger partial charge in [0.1, 0.15) is 6.54 Å². The topological polar surface area (TPSA) is 76.9 Å². The van der Waals surface area contributed by atoms with E-state index in [0.29, 0.717) is 30.3 Å². The molecule has 2 aliphatic rings. The number of hydrogen-bond donors (Lipinski definition) is 0. The molecule has 1 aromatic heterocycles. The molecule has 5 rings (SSSR count). The normalized spacial score (nSPS) is 15.2. The highest BCUT2D eigenvalue weighted by Gasteiger charge is 2.22. The molecule has 0 aliphatic carbocycles. The fourth-order valence-corrected chi connectivity index (χ4v) is 3.85. The summed E-state index contributed by atoms with van der Waals surface area (Å²) in [5.74, 6) is 1.22. The van der Waals surface area contributed by atoms with Gasteiger partial charge in [-0.05, 0) is 36.4 Å². The molecule has 0 atom stereocenters. The number of anilines is 1. The van der Waals surface area contributed by atoms with E-state index >= 15 is 0 Å². The van der Waals surface area contributed by atoms with Gasteiger partial charge < -0.3 is 19.3 Å². The molecular weight excluding hydrogens is 396 g/mol. The minimum atomic E-state index is -0.305. The number of benzene rings is 2.